The van der Waals surface area contributed by atoms with E-state index in [4.69, 9.17) is 9.72 Å². The van der Waals surface area contributed by atoms with Crippen LogP contribution >= 0.6 is 0 Å². The van der Waals surface area contributed by atoms with Crippen LogP contribution in [0.4, 0.5) is 0 Å². The highest BCUT2D eigenvalue weighted by Crippen LogP contribution is 2.40. The average molecular weight is 945 g/mol. The number of imidazole rings is 1. The van der Waals surface area contributed by atoms with Gasteiger partial charge in [0.25, 0.3) is 6.33 Å². The fraction of sp³-hybridized carbons (Fsp3) is 0.118. The summed E-state index contributed by atoms with van der Waals surface area (Å²) in [4.78, 5) is 5.30. The molecule has 0 aliphatic heterocycles. The summed E-state index contributed by atoms with van der Waals surface area (Å²) in [6.07, 6.45) is 6.72. The van der Waals surface area contributed by atoms with E-state index >= 15 is 0 Å². The van der Waals surface area contributed by atoms with Crippen LogP contribution in [0.3, 0.4) is 0 Å². The predicted molar refractivity (Wildman–Crippen MR) is 300 cm³/mol. The van der Waals surface area contributed by atoms with Gasteiger partial charge in [0.1, 0.15) is 17.3 Å². The third-order valence-electron chi connectivity index (χ3n) is 14.4. The van der Waals surface area contributed by atoms with Gasteiger partial charge in [-0.2, -0.15) is 0 Å². The maximum Gasteiger partial charge on any atom is 0.269 e. The second kappa shape index (κ2) is 18.4. The van der Waals surface area contributed by atoms with Gasteiger partial charge in [0.05, 0.1) is 33.4 Å². The first-order valence-electron chi connectivity index (χ1n) is 25.2. The number of hydrogen-bond donors (Lipinski definition) is 0. The first-order valence-corrected chi connectivity index (χ1v) is 25.2. The van der Waals surface area contributed by atoms with Gasteiger partial charge in [-0.3, -0.25) is 13.7 Å². The summed E-state index contributed by atoms with van der Waals surface area (Å²) in [5, 5.41) is 2.29. The largest absolute Gasteiger partial charge is 0.458 e. The van der Waals surface area contributed by atoms with E-state index in [1.807, 2.05) is 6.07 Å². The van der Waals surface area contributed by atoms with Gasteiger partial charge in [-0.1, -0.05) is 217 Å². The number of benzene rings is 9. The van der Waals surface area contributed by atoms with Gasteiger partial charge < -0.3 is 4.74 Å². The molecule has 12 aromatic rings. The number of pyridine rings is 1. The third-order valence-corrected chi connectivity index (χ3v) is 14.4. The van der Waals surface area contributed by atoms with E-state index in [0.29, 0.717) is 0 Å². The second-order valence-corrected chi connectivity index (χ2v) is 20.8. The van der Waals surface area contributed by atoms with Crippen LogP contribution in [0.25, 0.3) is 83.4 Å². The van der Waals surface area contributed by atoms with Gasteiger partial charge in [0.2, 0.25) is 0 Å². The van der Waals surface area contributed by atoms with E-state index in [0.717, 1.165) is 95.8 Å². The zero-order chi connectivity index (χ0) is 49.7. The molecule has 0 aliphatic carbocycles. The molecule has 0 aliphatic rings. The molecule has 0 N–H and O–H groups in total. The fourth-order valence-electron chi connectivity index (χ4n) is 10.6. The lowest BCUT2D eigenvalue weighted by Crippen LogP contribution is -2.31. The number of hydrogen-bond acceptors (Lipinski definition) is 2. The quantitative estimate of drug-likeness (QED) is 0.0957. The van der Waals surface area contributed by atoms with Crippen molar-refractivity contribution in [2.24, 2.45) is 0 Å². The SMILES string of the molecule is CC(C)(C)c1ccc(-c2cnc(-n3c4ccccc4c4ccc(Oc5cccc(-n6[c-][n+](-c7c(-c8ccccc8)cccc7-c7ccccc7)c7ccccc76)c5)cc43)cc2CC(C)(C)c2ccccc2)cc1. The van der Waals surface area contributed by atoms with E-state index in [1.165, 1.54) is 22.3 Å². The minimum Gasteiger partial charge on any atom is -0.458 e. The third kappa shape index (κ3) is 8.57. The molecule has 0 bridgehead atoms. The van der Waals surface area contributed by atoms with Crippen LogP contribution in [0.15, 0.2) is 237 Å². The zero-order valence-corrected chi connectivity index (χ0v) is 41.9. The van der Waals surface area contributed by atoms with Crippen molar-refractivity contribution in [3.05, 3.63) is 260 Å². The highest BCUT2D eigenvalue weighted by molar-refractivity contribution is 6.09. The van der Waals surface area contributed by atoms with E-state index in [1.54, 1.807) is 0 Å². The monoisotopic (exact) mass is 944 g/mol. The Bertz CT molecular complexity index is 3900. The van der Waals surface area contributed by atoms with Crippen molar-refractivity contribution in [1.82, 2.24) is 14.1 Å². The lowest BCUT2D eigenvalue weighted by molar-refractivity contribution is -0.571. The fourth-order valence-corrected chi connectivity index (χ4v) is 10.6. The van der Waals surface area contributed by atoms with E-state index < -0.39 is 0 Å². The van der Waals surface area contributed by atoms with Crippen LogP contribution in [0.1, 0.15) is 51.3 Å². The maximum atomic E-state index is 6.87. The molecule has 0 fully saturated rings. The van der Waals surface area contributed by atoms with Crippen LogP contribution in [0, 0.1) is 6.33 Å². The summed E-state index contributed by atoms with van der Waals surface area (Å²) in [6, 6.07) is 81.9. The molecule has 0 radical (unpaired) electrons. The zero-order valence-electron chi connectivity index (χ0n) is 41.9. The molecule has 0 saturated heterocycles. The van der Waals surface area contributed by atoms with Crippen molar-refractivity contribution in [2.45, 2.75) is 51.9 Å². The van der Waals surface area contributed by atoms with Crippen molar-refractivity contribution >= 4 is 32.8 Å². The van der Waals surface area contributed by atoms with Crippen molar-refractivity contribution in [3.8, 4) is 62.1 Å². The topological polar surface area (TPSA) is 35.9 Å². The van der Waals surface area contributed by atoms with Crippen molar-refractivity contribution in [1.29, 1.82) is 0 Å². The molecule has 0 spiro atoms. The summed E-state index contributed by atoms with van der Waals surface area (Å²) < 4.78 is 13.5. The molecule has 0 saturated carbocycles. The summed E-state index contributed by atoms with van der Waals surface area (Å²) >= 11 is 0. The average Bonchev–Trinajstić information content (AvgIpc) is 3.97. The van der Waals surface area contributed by atoms with Crippen molar-refractivity contribution in [3.63, 3.8) is 0 Å². The van der Waals surface area contributed by atoms with Crippen LogP contribution in [0.5, 0.6) is 11.5 Å². The molecule has 0 unspecified atom stereocenters. The highest BCUT2D eigenvalue weighted by Gasteiger charge is 2.26. The van der Waals surface area contributed by atoms with Gasteiger partial charge in [0, 0.05) is 28.6 Å². The molecule has 73 heavy (non-hydrogen) atoms. The molecule has 9 aromatic carbocycles. The van der Waals surface area contributed by atoms with Crippen molar-refractivity contribution < 1.29 is 9.30 Å². The van der Waals surface area contributed by atoms with Crippen LogP contribution in [-0.4, -0.2) is 14.1 Å². The van der Waals surface area contributed by atoms with Crippen LogP contribution in [-0.2, 0) is 17.3 Å². The Morgan fingerprint density at radius 2 is 1.07 bits per heavy atom. The molecule has 0 atom stereocenters. The molecule has 3 heterocycles. The highest BCUT2D eigenvalue weighted by atomic mass is 16.5. The summed E-state index contributed by atoms with van der Waals surface area (Å²) in [6.45, 7) is 11.5. The second-order valence-electron chi connectivity index (χ2n) is 20.8. The number of ether oxygens (including phenoxy) is 1. The molecule has 5 heteroatoms. The first kappa shape index (κ1) is 45.3. The Labute approximate surface area is 427 Å². The van der Waals surface area contributed by atoms with Gasteiger partial charge in [0.15, 0.2) is 0 Å². The Balaban J connectivity index is 0.948. The maximum absolute atomic E-state index is 6.87. The summed E-state index contributed by atoms with van der Waals surface area (Å²) in [5.74, 6) is 2.32. The summed E-state index contributed by atoms with van der Waals surface area (Å²) in [5.41, 5.74) is 16.8. The Morgan fingerprint density at radius 3 is 1.77 bits per heavy atom. The molecule has 3 aromatic heterocycles. The first-order chi connectivity index (χ1) is 35.6. The van der Waals surface area contributed by atoms with E-state index in [-0.39, 0.29) is 10.8 Å². The molecule has 5 nitrogen and oxygen atoms in total. The number of rotatable bonds is 11. The van der Waals surface area contributed by atoms with Gasteiger partial charge in [-0.05, 0) is 104 Å². The standard InChI is InChI=1S/C68H56N4O/c1-67(2,3)51-37-35-49(36-38-51)60-45-69-65(41-50(60)44-68(4,5)52-25-13-8-14-26-52)72-61-32-16-15-29-58(61)59-40-39-55(43-64(59)72)73-54-28-19-27-53(42-54)70-46-71(63-34-18-17-33-62(63)70)66-56(47-21-9-6-10-22-47)30-20-31-57(66)48-23-11-7-12-24-48/h6-43,45H,44H2,1-5H3. The number of fused-ring (bicyclic) bond motifs is 4. The van der Waals surface area contributed by atoms with Gasteiger partial charge in [-0.25, -0.2) is 4.98 Å². The van der Waals surface area contributed by atoms with Crippen LogP contribution < -0.4 is 9.30 Å². The molecule has 0 amide bonds. The minimum absolute atomic E-state index is 0.0595. The Morgan fingerprint density at radius 1 is 0.479 bits per heavy atom. The van der Waals surface area contributed by atoms with Gasteiger partial charge in [-0.15, -0.1) is 0 Å². The number of nitrogens with zero attached hydrogens (tertiary/aromatic N) is 4. The van der Waals surface area contributed by atoms with Crippen molar-refractivity contribution in [2.75, 3.05) is 0 Å². The lowest BCUT2D eigenvalue weighted by atomic mass is 9.78. The normalized spacial score (nSPS) is 12.0. The van der Waals surface area contributed by atoms with E-state index in [9.17, 15) is 0 Å². The molecular weight excluding hydrogens is 889 g/mol. The Hall–Kier alpha value is -8.80. The Kier molecular flexibility index (Phi) is 11.4. The number of aromatic nitrogens is 4. The lowest BCUT2D eigenvalue weighted by Gasteiger charge is -2.27. The number of para-hydroxylation sites is 4. The van der Waals surface area contributed by atoms with Gasteiger partial charge >= 0.3 is 0 Å². The summed E-state index contributed by atoms with van der Waals surface area (Å²) in [7, 11) is 0. The molecule has 354 valence electrons. The van der Waals surface area contributed by atoms with E-state index in [2.05, 4.69) is 285 Å². The molecule has 12 rings (SSSR count). The van der Waals surface area contributed by atoms with Crippen LogP contribution in [0.2, 0.25) is 0 Å². The minimum atomic E-state index is -0.140. The smallest absolute Gasteiger partial charge is 0.269 e. The molecular formula is C68H56N4O. The predicted octanol–water partition coefficient (Wildman–Crippen LogP) is 16.8.